The van der Waals surface area contributed by atoms with Crippen LogP contribution in [0, 0.1) is 5.82 Å². The van der Waals surface area contributed by atoms with Crippen LogP contribution < -0.4 is 5.32 Å². The summed E-state index contributed by atoms with van der Waals surface area (Å²) in [5.41, 5.74) is 1.50. The number of benzene rings is 1. The lowest BCUT2D eigenvalue weighted by atomic mass is 10.3. The number of nitrogens with one attached hydrogen (secondary N) is 1. The van der Waals surface area contributed by atoms with E-state index in [1.54, 1.807) is 6.07 Å². The number of aryl methyl sites for hydroxylation is 1. The molecule has 0 aliphatic heterocycles. The number of hydrogen-bond donors (Lipinski definition) is 1. The van der Waals surface area contributed by atoms with Crippen molar-refractivity contribution in [3.05, 3.63) is 47.6 Å². The number of anilines is 2. The Hall–Kier alpha value is -2.14. The van der Waals surface area contributed by atoms with E-state index in [4.69, 9.17) is 11.6 Å². The van der Waals surface area contributed by atoms with Crippen LogP contribution in [0.2, 0.25) is 5.02 Å². The van der Waals surface area contributed by atoms with Crippen LogP contribution in [0.4, 0.5) is 15.9 Å². The smallest absolute Gasteiger partial charge is 0.145 e. The van der Waals surface area contributed by atoms with Crippen LogP contribution in [-0.4, -0.2) is 14.5 Å². The maximum Gasteiger partial charge on any atom is 0.145 e. The minimum absolute atomic E-state index is 0.0726. The van der Waals surface area contributed by atoms with Gasteiger partial charge in [-0.2, -0.15) is 0 Å². The Morgan fingerprint density at radius 2 is 2.11 bits per heavy atom. The first-order chi connectivity index (χ1) is 9.15. The predicted octanol–water partition coefficient (Wildman–Crippen LogP) is 3.50. The van der Waals surface area contributed by atoms with Crippen molar-refractivity contribution in [1.82, 2.24) is 14.5 Å². The van der Waals surface area contributed by atoms with Gasteiger partial charge >= 0.3 is 0 Å². The van der Waals surface area contributed by atoms with Crippen molar-refractivity contribution in [2.45, 2.75) is 0 Å². The van der Waals surface area contributed by atoms with E-state index in [1.165, 1.54) is 18.5 Å². The summed E-state index contributed by atoms with van der Waals surface area (Å²) in [7, 11) is 1.91. The third-order valence-corrected chi connectivity index (χ3v) is 3.13. The van der Waals surface area contributed by atoms with Gasteiger partial charge in [0, 0.05) is 18.9 Å². The average Bonchev–Trinajstić information content (AvgIpc) is 2.77. The van der Waals surface area contributed by atoms with Gasteiger partial charge in [0.15, 0.2) is 0 Å². The van der Waals surface area contributed by atoms with Gasteiger partial charge in [0.05, 0.1) is 10.4 Å². The van der Waals surface area contributed by atoms with E-state index in [9.17, 15) is 4.39 Å². The standard InChI is InChI=1S/C13H10ClFN4/c1-19-5-4-9-12(16-7-17-13(9)19)18-8-2-3-11(15)10(14)6-8/h2-7H,1H3,(H,16,17,18). The van der Waals surface area contributed by atoms with Crippen LogP contribution >= 0.6 is 11.6 Å². The van der Waals surface area contributed by atoms with Crippen molar-refractivity contribution in [3.8, 4) is 0 Å². The molecule has 0 aliphatic rings. The molecule has 0 amide bonds. The summed E-state index contributed by atoms with van der Waals surface area (Å²) < 4.78 is 15.0. The highest BCUT2D eigenvalue weighted by Gasteiger charge is 2.07. The normalized spacial score (nSPS) is 10.9. The zero-order chi connectivity index (χ0) is 13.4. The van der Waals surface area contributed by atoms with Gasteiger partial charge in [-0.05, 0) is 24.3 Å². The SMILES string of the molecule is Cn1ccc2c(Nc3ccc(F)c(Cl)c3)ncnc21. The Bertz CT molecular complexity index is 753. The summed E-state index contributed by atoms with van der Waals surface area (Å²) in [6.45, 7) is 0. The highest BCUT2D eigenvalue weighted by atomic mass is 35.5. The molecule has 0 spiro atoms. The van der Waals surface area contributed by atoms with E-state index in [0.29, 0.717) is 11.5 Å². The summed E-state index contributed by atoms with van der Waals surface area (Å²) >= 11 is 5.75. The third-order valence-electron chi connectivity index (χ3n) is 2.84. The van der Waals surface area contributed by atoms with E-state index >= 15 is 0 Å². The molecule has 3 rings (SSSR count). The second-order valence-electron chi connectivity index (χ2n) is 4.14. The van der Waals surface area contributed by atoms with Gasteiger partial charge in [-0.1, -0.05) is 11.6 Å². The lowest BCUT2D eigenvalue weighted by Gasteiger charge is -2.07. The molecule has 0 atom stereocenters. The first kappa shape index (κ1) is 11.9. The fourth-order valence-corrected chi connectivity index (χ4v) is 2.07. The largest absolute Gasteiger partial charge is 0.340 e. The van der Waals surface area contributed by atoms with Crippen LogP contribution in [0.5, 0.6) is 0 Å². The van der Waals surface area contributed by atoms with Crippen molar-refractivity contribution >= 4 is 34.1 Å². The molecule has 3 aromatic rings. The molecule has 6 heteroatoms. The van der Waals surface area contributed by atoms with Crippen LogP contribution in [0.25, 0.3) is 11.0 Å². The van der Waals surface area contributed by atoms with Crippen molar-refractivity contribution in [2.24, 2.45) is 7.05 Å². The summed E-state index contributed by atoms with van der Waals surface area (Å²) in [5.74, 6) is 0.216. The van der Waals surface area contributed by atoms with Crippen LogP contribution in [0.15, 0.2) is 36.8 Å². The third kappa shape index (κ3) is 2.13. The number of aromatic nitrogens is 3. The highest BCUT2D eigenvalue weighted by Crippen LogP contribution is 2.25. The molecule has 0 fully saturated rings. The Kier molecular flexibility index (Phi) is 2.83. The number of halogens is 2. The Labute approximate surface area is 113 Å². The molecular formula is C13H10ClFN4. The van der Waals surface area contributed by atoms with Crippen molar-refractivity contribution in [1.29, 1.82) is 0 Å². The second-order valence-corrected chi connectivity index (χ2v) is 4.55. The molecule has 96 valence electrons. The summed E-state index contributed by atoms with van der Waals surface area (Å²) in [5, 5.41) is 4.08. The molecule has 0 saturated heterocycles. The summed E-state index contributed by atoms with van der Waals surface area (Å²) in [6.07, 6.45) is 3.39. The second kappa shape index (κ2) is 4.51. The molecule has 4 nitrogen and oxygen atoms in total. The Morgan fingerprint density at radius 1 is 1.26 bits per heavy atom. The van der Waals surface area contributed by atoms with Gasteiger partial charge in [0.25, 0.3) is 0 Å². The van der Waals surface area contributed by atoms with E-state index in [0.717, 1.165) is 11.0 Å². The number of fused-ring (bicyclic) bond motifs is 1. The molecule has 0 bridgehead atoms. The van der Waals surface area contributed by atoms with Gasteiger partial charge in [-0.25, -0.2) is 14.4 Å². The predicted molar refractivity (Wildman–Crippen MR) is 73.2 cm³/mol. The molecule has 2 heterocycles. The number of rotatable bonds is 2. The first-order valence-electron chi connectivity index (χ1n) is 5.63. The fourth-order valence-electron chi connectivity index (χ4n) is 1.89. The Balaban J connectivity index is 2.03. The quantitative estimate of drug-likeness (QED) is 0.779. The zero-order valence-corrected chi connectivity index (χ0v) is 10.8. The molecule has 1 aromatic carbocycles. The van der Waals surface area contributed by atoms with Crippen LogP contribution in [0.3, 0.4) is 0 Å². The molecule has 1 N–H and O–H groups in total. The van der Waals surface area contributed by atoms with E-state index in [2.05, 4.69) is 15.3 Å². The van der Waals surface area contributed by atoms with E-state index < -0.39 is 5.82 Å². The van der Waals surface area contributed by atoms with Gasteiger partial charge in [0.1, 0.15) is 23.6 Å². The number of nitrogens with zero attached hydrogens (tertiary/aromatic N) is 3. The summed E-state index contributed by atoms with van der Waals surface area (Å²) in [6, 6.07) is 6.36. The van der Waals surface area contributed by atoms with Crippen molar-refractivity contribution < 1.29 is 4.39 Å². The van der Waals surface area contributed by atoms with Gasteiger partial charge in [-0.3, -0.25) is 0 Å². The highest BCUT2D eigenvalue weighted by molar-refractivity contribution is 6.31. The minimum Gasteiger partial charge on any atom is -0.340 e. The van der Waals surface area contributed by atoms with Crippen LogP contribution in [0.1, 0.15) is 0 Å². The molecular weight excluding hydrogens is 267 g/mol. The lowest BCUT2D eigenvalue weighted by molar-refractivity contribution is 0.628. The maximum absolute atomic E-state index is 13.1. The fraction of sp³-hybridized carbons (Fsp3) is 0.0769. The monoisotopic (exact) mass is 276 g/mol. The molecule has 19 heavy (non-hydrogen) atoms. The van der Waals surface area contributed by atoms with Gasteiger partial charge < -0.3 is 9.88 Å². The molecule has 0 aliphatic carbocycles. The number of hydrogen-bond acceptors (Lipinski definition) is 3. The molecule has 0 saturated carbocycles. The average molecular weight is 277 g/mol. The topological polar surface area (TPSA) is 42.7 Å². The zero-order valence-electron chi connectivity index (χ0n) is 10.1. The van der Waals surface area contributed by atoms with E-state index in [-0.39, 0.29) is 5.02 Å². The van der Waals surface area contributed by atoms with Crippen LogP contribution in [-0.2, 0) is 7.05 Å². The first-order valence-corrected chi connectivity index (χ1v) is 6.01. The summed E-state index contributed by atoms with van der Waals surface area (Å²) in [4.78, 5) is 8.40. The Morgan fingerprint density at radius 3 is 2.89 bits per heavy atom. The molecule has 0 radical (unpaired) electrons. The van der Waals surface area contributed by atoms with Crippen molar-refractivity contribution in [2.75, 3.05) is 5.32 Å². The van der Waals surface area contributed by atoms with Gasteiger partial charge in [-0.15, -0.1) is 0 Å². The van der Waals surface area contributed by atoms with E-state index in [1.807, 2.05) is 23.9 Å². The van der Waals surface area contributed by atoms with Gasteiger partial charge in [0.2, 0.25) is 0 Å². The maximum atomic E-state index is 13.1. The minimum atomic E-state index is -0.445. The lowest BCUT2D eigenvalue weighted by Crippen LogP contribution is -1.97. The molecule has 0 unspecified atom stereocenters. The molecule has 2 aromatic heterocycles. The van der Waals surface area contributed by atoms with Crippen molar-refractivity contribution in [3.63, 3.8) is 0 Å².